The van der Waals surface area contributed by atoms with E-state index in [0.717, 1.165) is 10.6 Å². The maximum absolute atomic E-state index is 12.2. The second-order valence-electron chi connectivity index (χ2n) is 6.02. The van der Waals surface area contributed by atoms with Gasteiger partial charge >= 0.3 is 0 Å². The first-order chi connectivity index (χ1) is 13.2. The standard InChI is InChI=1S/C19H23N3O5S/c1-4-27-16-11-9-15(10-12-16)19(24)21-20-18(23)13-22(28(3,25)26)17-8-6-5-7-14(17)2/h5-12H,4,13H2,1-3H3,(H,20,23)(H,21,24). The van der Waals surface area contributed by atoms with Crippen LogP contribution in [0.25, 0.3) is 0 Å². The summed E-state index contributed by atoms with van der Waals surface area (Å²) in [4.78, 5) is 24.3. The first-order valence-corrected chi connectivity index (χ1v) is 10.4. The van der Waals surface area contributed by atoms with Gasteiger partial charge in [0.25, 0.3) is 11.8 Å². The fourth-order valence-corrected chi connectivity index (χ4v) is 3.38. The summed E-state index contributed by atoms with van der Waals surface area (Å²) >= 11 is 0. The molecule has 0 bridgehead atoms. The molecule has 0 spiro atoms. The van der Waals surface area contributed by atoms with E-state index in [1.807, 2.05) is 6.92 Å². The van der Waals surface area contributed by atoms with Gasteiger partial charge in [-0.1, -0.05) is 18.2 Å². The van der Waals surface area contributed by atoms with Crippen LogP contribution in [0.4, 0.5) is 5.69 Å². The fourth-order valence-electron chi connectivity index (χ4n) is 2.46. The normalized spacial score (nSPS) is 10.8. The molecular formula is C19H23N3O5S. The van der Waals surface area contributed by atoms with Crippen LogP contribution in [0.5, 0.6) is 5.75 Å². The smallest absolute Gasteiger partial charge is 0.269 e. The maximum atomic E-state index is 12.2. The van der Waals surface area contributed by atoms with Crippen LogP contribution in [-0.2, 0) is 14.8 Å². The number of nitrogens with one attached hydrogen (secondary N) is 2. The summed E-state index contributed by atoms with van der Waals surface area (Å²) in [7, 11) is -3.69. The van der Waals surface area contributed by atoms with Crippen molar-refractivity contribution >= 4 is 27.5 Å². The van der Waals surface area contributed by atoms with Crippen molar-refractivity contribution < 1.29 is 22.7 Å². The molecular weight excluding hydrogens is 382 g/mol. The number of nitrogens with zero attached hydrogens (tertiary/aromatic N) is 1. The van der Waals surface area contributed by atoms with Gasteiger partial charge in [0.2, 0.25) is 10.0 Å². The summed E-state index contributed by atoms with van der Waals surface area (Å²) in [6.45, 7) is 3.65. The topological polar surface area (TPSA) is 105 Å². The van der Waals surface area contributed by atoms with Gasteiger partial charge in [0.15, 0.2) is 0 Å². The van der Waals surface area contributed by atoms with E-state index in [4.69, 9.17) is 4.74 Å². The number of carbonyl (C=O) groups is 2. The number of hydrazine groups is 1. The third-order valence-electron chi connectivity index (χ3n) is 3.81. The minimum absolute atomic E-state index is 0.322. The van der Waals surface area contributed by atoms with Crippen LogP contribution in [0.15, 0.2) is 48.5 Å². The largest absolute Gasteiger partial charge is 0.494 e. The number of rotatable bonds is 7. The molecule has 0 aliphatic heterocycles. The predicted molar refractivity (Wildman–Crippen MR) is 107 cm³/mol. The van der Waals surface area contributed by atoms with E-state index in [-0.39, 0.29) is 0 Å². The Kier molecular flexibility index (Phi) is 7.00. The molecule has 2 N–H and O–H groups in total. The van der Waals surface area contributed by atoms with E-state index in [9.17, 15) is 18.0 Å². The molecule has 28 heavy (non-hydrogen) atoms. The predicted octanol–water partition coefficient (Wildman–Crippen LogP) is 1.62. The molecule has 2 aromatic rings. The van der Waals surface area contributed by atoms with Gasteiger partial charge in [-0.25, -0.2) is 8.42 Å². The van der Waals surface area contributed by atoms with Gasteiger partial charge in [0.1, 0.15) is 12.3 Å². The van der Waals surface area contributed by atoms with Crippen molar-refractivity contribution in [3.05, 3.63) is 59.7 Å². The summed E-state index contributed by atoms with van der Waals surface area (Å²) in [6, 6.07) is 13.2. The van der Waals surface area contributed by atoms with Crippen molar-refractivity contribution in [2.75, 3.05) is 23.7 Å². The van der Waals surface area contributed by atoms with E-state index in [0.29, 0.717) is 29.2 Å². The van der Waals surface area contributed by atoms with Crippen LogP contribution in [0.1, 0.15) is 22.8 Å². The number of hydrogen-bond acceptors (Lipinski definition) is 5. The quantitative estimate of drug-likeness (QED) is 0.681. The van der Waals surface area contributed by atoms with Crippen molar-refractivity contribution in [1.82, 2.24) is 10.9 Å². The number of hydrogen-bond donors (Lipinski definition) is 2. The van der Waals surface area contributed by atoms with E-state index in [1.54, 1.807) is 55.5 Å². The average molecular weight is 405 g/mol. The molecule has 0 fully saturated rings. The zero-order chi connectivity index (χ0) is 20.7. The molecule has 2 amide bonds. The second-order valence-corrected chi connectivity index (χ2v) is 7.92. The van der Waals surface area contributed by atoms with Crippen LogP contribution >= 0.6 is 0 Å². The molecule has 0 aromatic heterocycles. The third-order valence-corrected chi connectivity index (χ3v) is 4.94. The van der Waals surface area contributed by atoms with Gasteiger partial charge < -0.3 is 4.74 Å². The molecule has 0 saturated carbocycles. The van der Waals surface area contributed by atoms with Crippen molar-refractivity contribution in [2.24, 2.45) is 0 Å². The van der Waals surface area contributed by atoms with Crippen LogP contribution in [0.3, 0.4) is 0 Å². The average Bonchev–Trinajstić information content (AvgIpc) is 2.65. The molecule has 150 valence electrons. The number of benzene rings is 2. The Morgan fingerprint density at radius 1 is 1.04 bits per heavy atom. The Morgan fingerprint density at radius 3 is 2.25 bits per heavy atom. The molecule has 8 nitrogen and oxygen atoms in total. The van der Waals surface area contributed by atoms with Gasteiger partial charge in [0.05, 0.1) is 18.6 Å². The first-order valence-electron chi connectivity index (χ1n) is 8.57. The molecule has 0 unspecified atom stereocenters. The van der Waals surface area contributed by atoms with Crippen molar-refractivity contribution in [1.29, 1.82) is 0 Å². The van der Waals surface area contributed by atoms with Gasteiger partial charge in [-0.2, -0.15) is 0 Å². The van der Waals surface area contributed by atoms with Crippen molar-refractivity contribution in [3.63, 3.8) is 0 Å². The molecule has 0 aliphatic rings. The summed E-state index contributed by atoms with van der Waals surface area (Å²) in [5.74, 6) is -0.573. The lowest BCUT2D eigenvalue weighted by molar-refractivity contribution is -0.120. The lowest BCUT2D eigenvalue weighted by Crippen LogP contribution is -2.47. The Morgan fingerprint density at radius 2 is 1.68 bits per heavy atom. The van der Waals surface area contributed by atoms with E-state index < -0.39 is 28.4 Å². The van der Waals surface area contributed by atoms with E-state index in [1.165, 1.54) is 0 Å². The highest BCUT2D eigenvalue weighted by Gasteiger charge is 2.22. The Hall–Kier alpha value is -3.07. The van der Waals surface area contributed by atoms with Crippen LogP contribution in [0, 0.1) is 6.92 Å². The number of carbonyl (C=O) groups excluding carboxylic acids is 2. The number of para-hydroxylation sites is 1. The van der Waals surface area contributed by atoms with E-state index in [2.05, 4.69) is 10.9 Å². The maximum Gasteiger partial charge on any atom is 0.269 e. The highest BCUT2D eigenvalue weighted by Crippen LogP contribution is 2.21. The molecule has 0 saturated heterocycles. The molecule has 0 aliphatic carbocycles. The van der Waals surface area contributed by atoms with Gasteiger partial charge in [0, 0.05) is 5.56 Å². The van der Waals surface area contributed by atoms with Gasteiger partial charge in [-0.3, -0.25) is 24.7 Å². The third kappa shape index (κ3) is 5.71. The minimum atomic E-state index is -3.69. The highest BCUT2D eigenvalue weighted by atomic mass is 32.2. The number of anilines is 1. The van der Waals surface area contributed by atoms with Crippen LogP contribution in [0.2, 0.25) is 0 Å². The number of ether oxygens (including phenoxy) is 1. The van der Waals surface area contributed by atoms with Gasteiger partial charge in [-0.05, 0) is 49.7 Å². The van der Waals surface area contributed by atoms with Gasteiger partial charge in [-0.15, -0.1) is 0 Å². The van der Waals surface area contributed by atoms with Crippen molar-refractivity contribution in [2.45, 2.75) is 13.8 Å². The lowest BCUT2D eigenvalue weighted by Gasteiger charge is -2.23. The Labute approximate surface area is 164 Å². The van der Waals surface area contributed by atoms with E-state index >= 15 is 0 Å². The zero-order valence-corrected chi connectivity index (χ0v) is 16.7. The first kappa shape index (κ1) is 21.2. The molecule has 2 aromatic carbocycles. The van der Waals surface area contributed by atoms with Crippen LogP contribution in [-0.4, -0.2) is 39.6 Å². The SMILES string of the molecule is CCOc1ccc(C(=O)NNC(=O)CN(c2ccccc2C)S(C)(=O)=O)cc1. The number of sulfonamides is 1. The number of amides is 2. The molecule has 0 atom stereocenters. The molecule has 2 rings (SSSR count). The number of aryl methyl sites for hydroxylation is 1. The minimum Gasteiger partial charge on any atom is -0.494 e. The highest BCUT2D eigenvalue weighted by molar-refractivity contribution is 7.92. The Bertz CT molecular complexity index is 942. The summed E-state index contributed by atoms with van der Waals surface area (Å²) in [6.07, 6.45) is 1.02. The van der Waals surface area contributed by atoms with Crippen molar-refractivity contribution in [3.8, 4) is 5.75 Å². The Balaban J connectivity index is 2.01. The fraction of sp³-hybridized carbons (Fsp3) is 0.263. The molecule has 9 heteroatoms. The monoisotopic (exact) mass is 405 g/mol. The van der Waals surface area contributed by atoms with Crippen LogP contribution < -0.4 is 19.9 Å². The lowest BCUT2D eigenvalue weighted by atomic mass is 10.2. The summed E-state index contributed by atoms with van der Waals surface area (Å²) in [5, 5.41) is 0. The summed E-state index contributed by atoms with van der Waals surface area (Å²) < 4.78 is 30.5. The zero-order valence-electron chi connectivity index (χ0n) is 15.9. The molecule has 0 heterocycles. The summed E-state index contributed by atoms with van der Waals surface area (Å²) in [5.41, 5.74) is 5.94. The second kappa shape index (κ2) is 9.23. The molecule has 0 radical (unpaired) electrons.